The van der Waals surface area contributed by atoms with Crippen molar-refractivity contribution in [3.8, 4) is 0 Å². The highest BCUT2D eigenvalue weighted by Gasteiger charge is 2.23. The SMILES string of the molecule is Cc1ccc(F)cc1C(N)C1CCCOC1. The van der Waals surface area contributed by atoms with Gasteiger partial charge in [0.1, 0.15) is 5.82 Å². The highest BCUT2D eigenvalue weighted by molar-refractivity contribution is 5.29. The molecule has 3 heteroatoms. The molecule has 0 saturated carbocycles. The molecule has 0 bridgehead atoms. The first kappa shape index (κ1) is 11.6. The number of ether oxygens (including phenoxy) is 1. The van der Waals surface area contributed by atoms with Gasteiger partial charge in [-0.05, 0) is 43.0 Å². The van der Waals surface area contributed by atoms with Gasteiger partial charge >= 0.3 is 0 Å². The molecule has 2 nitrogen and oxygen atoms in total. The van der Waals surface area contributed by atoms with Crippen LogP contribution in [-0.2, 0) is 4.74 Å². The van der Waals surface area contributed by atoms with Gasteiger partial charge < -0.3 is 10.5 Å². The summed E-state index contributed by atoms with van der Waals surface area (Å²) in [5.41, 5.74) is 8.16. The quantitative estimate of drug-likeness (QED) is 0.836. The van der Waals surface area contributed by atoms with Crippen LogP contribution in [-0.4, -0.2) is 13.2 Å². The topological polar surface area (TPSA) is 35.2 Å². The third-order valence-corrected chi connectivity index (χ3v) is 3.30. The van der Waals surface area contributed by atoms with Crippen molar-refractivity contribution in [3.05, 3.63) is 35.1 Å². The number of hydrogen-bond acceptors (Lipinski definition) is 2. The maximum Gasteiger partial charge on any atom is 0.123 e. The van der Waals surface area contributed by atoms with E-state index in [2.05, 4.69) is 0 Å². The molecule has 1 aliphatic rings. The summed E-state index contributed by atoms with van der Waals surface area (Å²) < 4.78 is 18.6. The molecule has 1 aliphatic heterocycles. The molecule has 1 saturated heterocycles. The van der Waals surface area contributed by atoms with Crippen molar-refractivity contribution in [1.29, 1.82) is 0 Å². The second-order valence-corrected chi connectivity index (χ2v) is 4.50. The molecule has 2 rings (SSSR count). The third-order valence-electron chi connectivity index (χ3n) is 3.30. The number of benzene rings is 1. The summed E-state index contributed by atoms with van der Waals surface area (Å²) in [5, 5.41) is 0. The van der Waals surface area contributed by atoms with E-state index in [1.165, 1.54) is 6.07 Å². The number of hydrogen-bond donors (Lipinski definition) is 1. The highest BCUT2D eigenvalue weighted by Crippen LogP contribution is 2.28. The molecule has 2 N–H and O–H groups in total. The maximum atomic E-state index is 13.2. The fourth-order valence-electron chi connectivity index (χ4n) is 2.27. The van der Waals surface area contributed by atoms with Crippen LogP contribution in [0.3, 0.4) is 0 Å². The van der Waals surface area contributed by atoms with E-state index < -0.39 is 0 Å². The van der Waals surface area contributed by atoms with Crippen LogP contribution in [0.15, 0.2) is 18.2 Å². The van der Waals surface area contributed by atoms with Crippen molar-refractivity contribution in [1.82, 2.24) is 0 Å². The van der Waals surface area contributed by atoms with Gasteiger partial charge in [-0.1, -0.05) is 6.07 Å². The molecule has 0 amide bonds. The van der Waals surface area contributed by atoms with Gasteiger partial charge in [-0.2, -0.15) is 0 Å². The Kier molecular flexibility index (Phi) is 3.56. The summed E-state index contributed by atoms with van der Waals surface area (Å²) in [4.78, 5) is 0. The lowest BCUT2D eigenvalue weighted by molar-refractivity contribution is 0.0446. The normalized spacial score (nSPS) is 23.1. The lowest BCUT2D eigenvalue weighted by Gasteiger charge is -2.28. The maximum absolute atomic E-state index is 13.2. The van der Waals surface area contributed by atoms with Crippen LogP contribution in [0.1, 0.15) is 30.0 Å². The van der Waals surface area contributed by atoms with Gasteiger partial charge in [-0.15, -0.1) is 0 Å². The number of halogens is 1. The summed E-state index contributed by atoms with van der Waals surface area (Å²) in [6, 6.07) is 4.70. The van der Waals surface area contributed by atoms with Crippen LogP contribution in [0.25, 0.3) is 0 Å². The molecule has 16 heavy (non-hydrogen) atoms. The van der Waals surface area contributed by atoms with Crippen LogP contribution in [0.2, 0.25) is 0 Å². The summed E-state index contributed by atoms with van der Waals surface area (Å²) in [6.45, 7) is 3.49. The van der Waals surface area contributed by atoms with Crippen molar-refractivity contribution >= 4 is 0 Å². The van der Waals surface area contributed by atoms with E-state index in [9.17, 15) is 4.39 Å². The van der Waals surface area contributed by atoms with E-state index in [1.54, 1.807) is 12.1 Å². The zero-order valence-electron chi connectivity index (χ0n) is 9.58. The lowest BCUT2D eigenvalue weighted by atomic mass is 9.87. The summed E-state index contributed by atoms with van der Waals surface area (Å²) in [5.74, 6) is 0.0991. The Balaban J connectivity index is 2.18. The molecule has 2 atom stereocenters. The molecule has 88 valence electrons. The van der Waals surface area contributed by atoms with E-state index in [-0.39, 0.29) is 11.9 Å². The summed E-state index contributed by atoms with van der Waals surface area (Å²) in [7, 11) is 0. The Labute approximate surface area is 95.6 Å². The second-order valence-electron chi connectivity index (χ2n) is 4.50. The Morgan fingerprint density at radius 3 is 3.00 bits per heavy atom. The van der Waals surface area contributed by atoms with Crippen molar-refractivity contribution in [2.24, 2.45) is 11.7 Å². The van der Waals surface area contributed by atoms with Crippen LogP contribution in [0.5, 0.6) is 0 Å². The molecule has 0 spiro atoms. The van der Waals surface area contributed by atoms with E-state index in [4.69, 9.17) is 10.5 Å². The van der Waals surface area contributed by atoms with Gasteiger partial charge in [0.25, 0.3) is 0 Å². The van der Waals surface area contributed by atoms with E-state index in [1.807, 2.05) is 6.92 Å². The fraction of sp³-hybridized carbons (Fsp3) is 0.538. The third kappa shape index (κ3) is 2.42. The minimum atomic E-state index is -0.215. The first-order valence-corrected chi connectivity index (χ1v) is 5.78. The molecule has 1 aromatic rings. The summed E-state index contributed by atoms with van der Waals surface area (Å²) in [6.07, 6.45) is 2.11. The Hall–Kier alpha value is -0.930. The molecular weight excluding hydrogens is 205 g/mol. The fourth-order valence-corrected chi connectivity index (χ4v) is 2.27. The zero-order valence-corrected chi connectivity index (χ0v) is 9.58. The average molecular weight is 223 g/mol. The minimum Gasteiger partial charge on any atom is -0.381 e. The van der Waals surface area contributed by atoms with Gasteiger partial charge in [-0.3, -0.25) is 0 Å². The van der Waals surface area contributed by atoms with E-state index in [0.717, 1.165) is 30.6 Å². The van der Waals surface area contributed by atoms with Crippen molar-refractivity contribution in [2.45, 2.75) is 25.8 Å². The first-order valence-electron chi connectivity index (χ1n) is 5.78. The van der Waals surface area contributed by atoms with Gasteiger partial charge in [-0.25, -0.2) is 4.39 Å². The Morgan fingerprint density at radius 1 is 1.50 bits per heavy atom. The molecule has 1 fully saturated rings. The first-order chi connectivity index (χ1) is 7.68. The van der Waals surface area contributed by atoms with Gasteiger partial charge in [0.05, 0.1) is 6.61 Å². The molecular formula is C13H18FNO. The second kappa shape index (κ2) is 4.93. The molecule has 1 aromatic carbocycles. The monoisotopic (exact) mass is 223 g/mol. The van der Waals surface area contributed by atoms with Crippen LogP contribution in [0, 0.1) is 18.7 Å². The lowest BCUT2D eigenvalue weighted by Crippen LogP contribution is -2.29. The molecule has 2 unspecified atom stereocenters. The van der Waals surface area contributed by atoms with Gasteiger partial charge in [0.15, 0.2) is 0 Å². The van der Waals surface area contributed by atoms with Crippen LogP contribution in [0.4, 0.5) is 4.39 Å². The zero-order chi connectivity index (χ0) is 11.5. The van der Waals surface area contributed by atoms with Crippen molar-refractivity contribution in [2.75, 3.05) is 13.2 Å². The molecule has 1 heterocycles. The van der Waals surface area contributed by atoms with Crippen LogP contribution < -0.4 is 5.73 Å². The van der Waals surface area contributed by atoms with E-state index in [0.29, 0.717) is 12.5 Å². The molecule has 0 aromatic heterocycles. The highest BCUT2D eigenvalue weighted by atomic mass is 19.1. The average Bonchev–Trinajstić information content (AvgIpc) is 2.32. The Bertz CT molecular complexity index is 361. The number of nitrogens with two attached hydrogens (primary N) is 1. The number of rotatable bonds is 2. The largest absolute Gasteiger partial charge is 0.381 e. The standard InChI is InChI=1S/C13H18FNO/c1-9-4-5-11(14)7-12(9)13(15)10-3-2-6-16-8-10/h4-5,7,10,13H,2-3,6,8,15H2,1H3. The van der Waals surface area contributed by atoms with Crippen molar-refractivity contribution in [3.63, 3.8) is 0 Å². The van der Waals surface area contributed by atoms with Crippen LogP contribution >= 0.6 is 0 Å². The number of aryl methyl sites for hydroxylation is 1. The molecule has 0 radical (unpaired) electrons. The predicted molar refractivity (Wildman–Crippen MR) is 61.6 cm³/mol. The minimum absolute atomic E-state index is 0.115. The Morgan fingerprint density at radius 2 is 2.31 bits per heavy atom. The summed E-state index contributed by atoms with van der Waals surface area (Å²) >= 11 is 0. The smallest absolute Gasteiger partial charge is 0.123 e. The van der Waals surface area contributed by atoms with Gasteiger partial charge in [0, 0.05) is 18.6 Å². The molecule has 0 aliphatic carbocycles. The van der Waals surface area contributed by atoms with Gasteiger partial charge in [0.2, 0.25) is 0 Å². The van der Waals surface area contributed by atoms with E-state index >= 15 is 0 Å². The van der Waals surface area contributed by atoms with Crippen molar-refractivity contribution < 1.29 is 9.13 Å². The predicted octanol–water partition coefficient (Wildman–Crippen LogP) is 2.56.